The molecule has 0 aliphatic rings. The molecule has 0 atom stereocenters. The fraction of sp³-hybridized carbons (Fsp3) is 0.462. The van der Waals surface area contributed by atoms with Crippen LogP contribution in [0.1, 0.15) is 37.0 Å². The molecule has 1 amide bonds. The van der Waals surface area contributed by atoms with Crippen molar-refractivity contribution in [3.05, 3.63) is 33.9 Å². The number of rotatable bonds is 7. The third-order valence-electron chi connectivity index (χ3n) is 2.78. The fourth-order valence-electron chi connectivity index (χ4n) is 1.98. The number of nitro benzene ring substituents is 1. The molecule has 0 radical (unpaired) electrons. The van der Waals surface area contributed by atoms with Gasteiger partial charge in [-0.05, 0) is 25.0 Å². The molecule has 0 aromatic heterocycles. The van der Waals surface area contributed by atoms with Crippen LogP contribution in [0.3, 0.4) is 0 Å². The number of hydrogen-bond acceptors (Lipinski definition) is 4. The number of nitro groups is 1. The van der Waals surface area contributed by atoms with Crippen molar-refractivity contribution in [2.75, 3.05) is 18.0 Å². The van der Waals surface area contributed by atoms with E-state index in [2.05, 4.69) is 0 Å². The van der Waals surface area contributed by atoms with E-state index in [0.29, 0.717) is 5.69 Å². The monoisotopic (exact) mass is 265 g/mol. The van der Waals surface area contributed by atoms with Gasteiger partial charge in [0, 0.05) is 24.7 Å². The van der Waals surface area contributed by atoms with Crippen molar-refractivity contribution in [1.29, 1.82) is 0 Å². The van der Waals surface area contributed by atoms with Gasteiger partial charge in [-0.15, -0.1) is 0 Å². The largest absolute Gasteiger partial charge is 0.366 e. The summed E-state index contributed by atoms with van der Waals surface area (Å²) in [5.41, 5.74) is 5.78. The molecule has 0 aliphatic carbocycles. The van der Waals surface area contributed by atoms with Gasteiger partial charge in [-0.1, -0.05) is 13.8 Å². The molecule has 0 bridgehead atoms. The number of benzene rings is 1. The molecule has 0 saturated heterocycles. The Morgan fingerprint density at radius 3 is 2.32 bits per heavy atom. The second-order valence-electron chi connectivity index (χ2n) is 4.31. The van der Waals surface area contributed by atoms with Crippen LogP contribution >= 0.6 is 0 Å². The van der Waals surface area contributed by atoms with Gasteiger partial charge in [0.2, 0.25) is 5.91 Å². The summed E-state index contributed by atoms with van der Waals surface area (Å²) >= 11 is 0. The SMILES string of the molecule is CCCN(CCC)c1ccc(C(N)=O)cc1[N+](=O)[O-]. The molecule has 6 heteroatoms. The maximum Gasteiger partial charge on any atom is 0.293 e. The zero-order valence-electron chi connectivity index (χ0n) is 11.3. The first-order chi connectivity index (χ1) is 9.01. The van der Waals surface area contributed by atoms with Gasteiger partial charge in [-0.2, -0.15) is 0 Å². The molecule has 6 nitrogen and oxygen atoms in total. The molecule has 0 spiro atoms. The van der Waals surface area contributed by atoms with E-state index in [1.54, 1.807) is 6.07 Å². The molecule has 1 rings (SSSR count). The molecule has 1 aromatic carbocycles. The number of primary amides is 1. The van der Waals surface area contributed by atoms with Crippen LogP contribution < -0.4 is 10.6 Å². The lowest BCUT2D eigenvalue weighted by Crippen LogP contribution is -2.26. The number of carbonyl (C=O) groups is 1. The first-order valence-electron chi connectivity index (χ1n) is 6.34. The van der Waals surface area contributed by atoms with E-state index in [1.165, 1.54) is 12.1 Å². The Morgan fingerprint density at radius 1 is 1.32 bits per heavy atom. The van der Waals surface area contributed by atoms with Gasteiger partial charge >= 0.3 is 0 Å². The average Bonchev–Trinajstić information content (AvgIpc) is 2.37. The fourth-order valence-corrected chi connectivity index (χ4v) is 1.98. The van der Waals surface area contributed by atoms with Crippen molar-refractivity contribution in [3.8, 4) is 0 Å². The summed E-state index contributed by atoms with van der Waals surface area (Å²) in [6.07, 6.45) is 1.80. The van der Waals surface area contributed by atoms with Crippen LogP contribution in [-0.4, -0.2) is 23.9 Å². The number of nitrogens with zero attached hydrogens (tertiary/aromatic N) is 2. The summed E-state index contributed by atoms with van der Waals surface area (Å²) in [4.78, 5) is 23.7. The number of hydrogen-bond donors (Lipinski definition) is 1. The first-order valence-corrected chi connectivity index (χ1v) is 6.34. The van der Waals surface area contributed by atoms with E-state index in [-0.39, 0.29) is 11.3 Å². The third kappa shape index (κ3) is 3.67. The van der Waals surface area contributed by atoms with Crippen LogP contribution in [0.2, 0.25) is 0 Å². The van der Waals surface area contributed by atoms with E-state index in [4.69, 9.17) is 5.73 Å². The number of nitrogens with two attached hydrogens (primary N) is 1. The predicted molar refractivity (Wildman–Crippen MR) is 74.4 cm³/mol. The van der Waals surface area contributed by atoms with E-state index in [1.807, 2.05) is 18.7 Å². The lowest BCUT2D eigenvalue weighted by atomic mass is 10.1. The Hall–Kier alpha value is -2.11. The number of anilines is 1. The molecular weight excluding hydrogens is 246 g/mol. The maximum atomic E-state index is 11.1. The minimum absolute atomic E-state index is 0.0711. The van der Waals surface area contributed by atoms with Gasteiger partial charge in [-0.25, -0.2) is 0 Å². The van der Waals surface area contributed by atoms with Gasteiger partial charge in [-0.3, -0.25) is 14.9 Å². The summed E-state index contributed by atoms with van der Waals surface area (Å²) in [6.45, 7) is 5.52. The standard InChI is InChI=1S/C13H19N3O3/c1-3-7-15(8-4-2)11-6-5-10(13(14)17)9-12(11)16(18)19/h5-6,9H,3-4,7-8H2,1-2H3,(H2,14,17). The first kappa shape index (κ1) is 14.9. The van der Waals surface area contributed by atoms with Gasteiger partial charge in [0.1, 0.15) is 5.69 Å². The minimum atomic E-state index is -0.660. The van der Waals surface area contributed by atoms with Gasteiger partial charge in [0.25, 0.3) is 5.69 Å². The minimum Gasteiger partial charge on any atom is -0.366 e. The van der Waals surface area contributed by atoms with Crippen LogP contribution in [0.15, 0.2) is 18.2 Å². The Morgan fingerprint density at radius 2 is 1.89 bits per heavy atom. The normalized spacial score (nSPS) is 10.2. The molecule has 19 heavy (non-hydrogen) atoms. The molecule has 0 heterocycles. The highest BCUT2D eigenvalue weighted by Crippen LogP contribution is 2.29. The zero-order valence-corrected chi connectivity index (χ0v) is 11.3. The van der Waals surface area contributed by atoms with Gasteiger partial charge < -0.3 is 10.6 Å². The molecule has 0 saturated carbocycles. The smallest absolute Gasteiger partial charge is 0.293 e. The molecule has 0 fully saturated rings. The second-order valence-corrected chi connectivity index (χ2v) is 4.31. The van der Waals surface area contributed by atoms with E-state index in [9.17, 15) is 14.9 Å². The highest BCUT2D eigenvalue weighted by molar-refractivity contribution is 5.94. The van der Waals surface area contributed by atoms with E-state index >= 15 is 0 Å². The highest BCUT2D eigenvalue weighted by Gasteiger charge is 2.20. The topological polar surface area (TPSA) is 89.5 Å². The highest BCUT2D eigenvalue weighted by atomic mass is 16.6. The van der Waals surface area contributed by atoms with Crippen molar-refractivity contribution in [2.45, 2.75) is 26.7 Å². The molecule has 0 unspecified atom stereocenters. The van der Waals surface area contributed by atoms with Crippen molar-refractivity contribution < 1.29 is 9.72 Å². The predicted octanol–water partition coefficient (Wildman–Crippen LogP) is 2.32. The third-order valence-corrected chi connectivity index (χ3v) is 2.78. The molecular formula is C13H19N3O3. The number of amides is 1. The van der Waals surface area contributed by atoms with Crippen molar-refractivity contribution in [3.63, 3.8) is 0 Å². The Kier molecular flexibility index (Phi) is 5.29. The van der Waals surface area contributed by atoms with Gasteiger partial charge in [0.05, 0.1) is 4.92 Å². The Labute approximate surface area is 112 Å². The van der Waals surface area contributed by atoms with Crippen LogP contribution in [0, 0.1) is 10.1 Å². The van der Waals surface area contributed by atoms with E-state index in [0.717, 1.165) is 25.9 Å². The molecule has 2 N–H and O–H groups in total. The molecule has 1 aromatic rings. The summed E-state index contributed by atoms with van der Waals surface area (Å²) in [6, 6.07) is 4.38. The van der Waals surface area contributed by atoms with Crippen LogP contribution in [-0.2, 0) is 0 Å². The summed E-state index contributed by atoms with van der Waals surface area (Å²) in [7, 11) is 0. The molecule has 0 aliphatic heterocycles. The van der Waals surface area contributed by atoms with Crippen LogP contribution in [0.25, 0.3) is 0 Å². The maximum absolute atomic E-state index is 11.1. The Balaban J connectivity index is 3.24. The van der Waals surface area contributed by atoms with Crippen LogP contribution in [0.5, 0.6) is 0 Å². The quantitative estimate of drug-likeness (QED) is 0.605. The summed E-state index contributed by atoms with van der Waals surface area (Å²) in [5, 5.41) is 11.1. The average molecular weight is 265 g/mol. The van der Waals surface area contributed by atoms with E-state index < -0.39 is 10.8 Å². The summed E-state index contributed by atoms with van der Waals surface area (Å²) < 4.78 is 0. The lowest BCUT2D eigenvalue weighted by molar-refractivity contribution is -0.384. The second kappa shape index (κ2) is 6.72. The lowest BCUT2D eigenvalue weighted by Gasteiger charge is -2.23. The van der Waals surface area contributed by atoms with Crippen molar-refractivity contribution in [2.24, 2.45) is 5.73 Å². The van der Waals surface area contributed by atoms with Crippen molar-refractivity contribution >= 4 is 17.3 Å². The van der Waals surface area contributed by atoms with Gasteiger partial charge in [0.15, 0.2) is 0 Å². The van der Waals surface area contributed by atoms with Crippen LogP contribution in [0.4, 0.5) is 11.4 Å². The zero-order chi connectivity index (χ0) is 14.4. The van der Waals surface area contributed by atoms with Crippen molar-refractivity contribution in [1.82, 2.24) is 0 Å². The Bertz CT molecular complexity index is 468. The molecule has 104 valence electrons. The summed E-state index contributed by atoms with van der Waals surface area (Å²) in [5.74, 6) is -0.660. The number of carbonyl (C=O) groups excluding carboxylic acids is 1.